The number of amides is 1. The highest BCUT2D eigenvalue weighted by Crippen LogP contribution is 2.19. The first-order valence-corrected chi connectivity index (χ1v) is 10.5. The van der Waals surface area contributed by atoms with Crippen LogP contribution in [0.3, 0.4) is 0 Å². The third-order valence-corrected chi connectivity index (χ3v) is 5.57. The molecule has 1 N–H and O–H groups in total. The van der Waals surface area contributed by atoms with Gasteiger partial charge in [0.2, 0.25) is 5.95 Å². The van der Waals surface area contributed by atoms with E-state index in [0.717, 1.165) is 57.2 Å². The fraction of sp³-hybridized carbons (Fsp3) is 0.500. The summed E-state index contributed by atoms with van der Waals surface area (Å²) in [5, 5.41) is 2.96. The number of hydrogen-bond acceptors (Lipinski definition) is 6. The van der Waals surface area contributed by atoms with Crippen LogP contribution in [0.4, 0.5) is 17.3 Å². The average molecular weight is 397 g/mol. The highest BCUT2D eigenvalue weighted by molar-refractivity contribution is 6.04. The maximum absolute atomic E-state index is 12.7. The van der Waals surface area contributed by atoms with Crippen molar-refractivity contribution in [2.75, 3.05) is 60.9 Å². The zero-order valence-corrected chi connectivity index (χ0v) is 18.0. The molecule has 29 heavy (non-hydrogen) atoms. The van der Waals surface area contributed by atoms with Crippen LogP contribution >= 0.6 is 0 Å². The van der Waals surface area contributed by atoms with Gasteiger partial charge in [-0.05, 0) is 51.6 Å². The number of nitrogens with zero attached hydrogens (tertiary/aromatic N) is 5. The lowest BCUT2D eigenvalue weighted by Crippen LogP contribution is -2.46. The summed E-state index contributed by atoms with van der Waals surface area (Å²) in [7, 11) is 0. The minimum absolute atomic E-state index is 0.180. The molecular formula is C22H32N6O. The topological polar surface area (TPSA) is 64.6 Å². The molecule has 1 saturated heterocycles. The molecule has 1 aromatic carbocycles. The highest BCUT2D eigenvalue weighted by Gasteiger charge is 2.19. The van der Waals surface area contributed by atoms with E-state index in [9.17, 15) is 4.79 Å². The SMILES string of the molecule is CCN1CCN(c2ncc(C(=O)Nc3ccc(N(CC)CC)cc3)c(C)n2)CC1. The number of aryl methyl sites for hydroxylation is 1. The second-order valence-electron chi connectivity index (χ2n) is 7.26. The Morgan fingerprint density at radius 3 is 2.28 bits per heavy atom. The van der Waals surface area contributed by atoms with Gasteiger partial charge in [-0.2, -0.15) is 0 Å². The van der Waals surface area contributed by atoms with E-state index in [1.165, 1.54) is 0 Å². The first-order chi connectivity index (χ1) is 14.0. The van der Waals surface area contributed by atoms with Crippen molar-refractivity contribution in [3.63, 3.8) is 0 Å². The van der Waals surface area contributed by atoms with E-state index in [4.69, 9.17) is 0 Å². The van der Waals surface area contributed by atoms with E-state index in [-0.39, 0.29) is 5.91 Å². The summed E-state index contributed by atoms with van der Waals surface area (Å²) < 4.78 is 0. The van der Waals surface area contributed by atoms with Crippen LogP contribution < -0.4 is 15.1 Å². The van der Waals surface area contributed by atoms with Crippen molar-refractivity contribution in [2.24, 2.45) is 0 Å². The summed E-state index contributed by atoms with van der Waals surface area (Å²) in [6.07, 6.45) is 1.64. The lowest BCUT2D eigenvalue weighted by Gasteiger charge is -2.34. The molecule has 1 aliphatic rings. The van der Waals surface area contributed by atoms with Crippen molar-refractivity contribution in [3.8, 4) is 0 Å². The van der Waals surface area contributed by atoms with Gasteiger partial charge < -0.3 is 20.0 Å². The second kappa shape index (κ2) is 9.69. The van der Waals surface area contributed by atoms with Crippen molar-refractivity contribution in [1.29, 1.82) is 0 Å². The molecular weight excluding hydrogens is 364 g/mol. The van der Waals surface area contributed by atoms with Gasteiger partial charge in [-0.3, -0.25) is 4.79 Å². The maximum Gasteiger partial charge on any atom is 0.259 e. The predicted octanol–water partition coefficient (Wildman–Crippen LogP) is 3.03. The van der Waals surface area contributed by atoms with E-state index in [1.807, 2.05) is 31.2 Å². The number of hydrogen-bond donors (Lipinski definition) is 1. The fourth-order valence-corrected chi connectivity index (χ4v) is 3.64. The average Bonchev–Trinajstić information content (AvgIpc) is 2.75. The molecule has 1 fully saturated rings. The molecule has 156 valence electrons. The zero-order chi connectivity index (χ0) is 20.8. The molecule has 0 atom stereocenters. The Bertz CT molecular complexity index is 811. The van der Waals surface area contributed by atoms with Gasteiger partial charge in [0.25, 0.3) is 5.91 Å². The molecule has 1 amide bonds. The summed E-state index contributed by atoms with van der Waals surface area (Å²) in [5.41, 5.74) is 3.13. The number of benzene rings is 1. The minimum Gasteiger partial charge on any atom is -0.372 e. The normalized spacial score (nSPS) is 14.7. The minimum atomic E-state index is -0.180. The summed E-state index contributed by atoms with van der Waals surface area (Å²) in [5.74, 6) is 0.527. The Morgan fingerprint density at radius 1 is 1.07 bits per heavy atom. The van der Waals surface area contributed by atoms with Gasteiger partial charge in [0.15, 0.2) is 0 Å². The Balaban J connectivity index is 1.65. The van der Waals surface area contributed by atoms with Gasteiger partial charge in [0.05, 0.1) is 11.3 Å². The first-order valence-electron chi connectivity index (χ1n) is 10.5. The summed E-state index contributed by atoms with van der Waals surface area (Å²) >= 11 is 0. The van der Waals surface area contributed by atoms with Gasteiger partial charge in [0, 0.05) is 56.8 Å². The molecule has 0 spiro atoms. The molecule has 1 aromatic heterocycles. The van der Waals surface area contributed by atoms with E-state index in [0.29, 0.717) is 17.2 Å². The number of rotatable bonds is 7. The Morgan fingerprint density at radius 2 is 1.72 bits per heavy atom. The number of likely N-dealkylation sites (N-methyl/N-ethyl adjacent to an activating group) is 1. The van der Waals surface area contributed by atoms with Crippen LogP contribution in [0.5, 0.6) is 0 Å². The Hall–Kier alpha value is -2.67. The Kier molecular flexibility index (Phi) is 7.04. The summed E-state index contributed by atoms with van der Waals surface area (Å²) in [6, 6.07) is 7.93. The molecule has 7 heteroatoms. The van der Waals surface area contributed by atoms with Crippen LogP contribution in [0.1, 0.15) is 36.8 Å². The fourth-order valence-electron chi connectivity index (χ4n) is 3.64. The number of carbonyl (C=O) groups excluding carboxylic acids is 1. The number of nitrogens with one attached hydrogen (secondary N) is 1. The van der Waals surface area contributed by atoms with Gasteiger partial charge in [-0.15, -0.1) is 0 Å². The largest absolute Gasteiger partial charge is 0.372 e. The smallest absolute Gasteiger partial charge is 0.259 e. The summed E-state index contributed by atoms with van der Waals surface area (Å²) in [6.45, 7) is 15.2. The van der Waals surface area contributed by atoms with E-state index < -0.39 is 0 Å². The third kappa shape index (κ3) is 5.03. The van der Waals surface area contributed by atoms with E-state index in [1.54, 1.807) is 6.20 Å². The summed E-state index contributed by atoms with van der Waals surface area (Å²) in [4.78, 5) is 28.6. The number of aromatic nitrogens is 2. The van der Waals surface area contributed by atoms with Crippen LogP contribution in [0.25, 0.3) is 0 Å². The molecule has 2 aromatic rings. The quantitative estimate of drug-likeness (QED) is 0.776. The molecule has 0 bridgehead atoms. The van der Waals surface area contributed by atoms with Crippen molar-refractivity contribution in [2.45, 2.75) is 27.7 Å². The molecule has 0 unspecified atom stereocenters. The van der Waals surface area contributed by atoms with Crippen LogP contribution in [0.15, 0.2) is 30.5 Å². The lowest BCUT2D eigenvalue weighted by atomic mass is 10.2. The predicted molar refractivity (Wildman–Crippen MR) is 119 cm³/mol. The van der Waals surface area contributed by atoms with Crippen LogP contribution in [-0.4, -0.2) is 66.6 Å². The van der Waals surface area contributed by atoms with Gasteiger partial charge >= 0.3 is 0 Å². The van der Waals surface area contributed by atoms with Crippen LogP contribution in [0, 0.1) is 6.92 Å². The molecule has 1 aliphatic heterocycles. The van der Waals surface area contributed by atoms with Crippen molar-refractivity contribution in [1.82, 2.24) is 14.9 Å². The molecule has 2 heterocycles. The van der Waals surface area contributed by atoms with E-state index >= 15 is 0 Å². The van der Waals surface area contributed by atoms with Crippen molar-refractivity contribution >= 4 is 23.2 Å². The number of carbonyl (C=O) groups is 1. The molecule has 0 radical (unpaired) electrons. The van der Waals surface area contributed by atoms with Crippen molar-refractivity contribution in [3.05, 3.63) is 41.7 Å². The second-order valence-corrected chi connectivity index (χ2v) is 7.26. The highest BCUT2D eigenvalue weighted by atomic mass is 16.1. The monoisotopic (exact) mass is 396 g/mol. The van der Waals surface area contributed by atoms with Crippen molar-refractivity contribution < 1.29 is 4.79 Å². The number of anilines is 3. The van der Waals surface area contributed by atoms with Gasteiger partial charge in [0.1, 0.15) is 0 Å². The third-order valence-electron chi connectivity index (χ3n) is 5.57. The Labute approximate surface area is 173 Å². The van der Waals surface area contributed by atoms with Gasteiger partial charge in [-0.1, -0.05) is 6.92 Å². The lowest BCUT2D eigenvalue weighted by molar-refractivity contribution is 0.102. The number of piperazine rings is 1. The van der Waals surface area contributed by atoms with E-state index in [2.05, 4.69) is 50.8 Å². The van der Waals surface area contributed by atoms with Crippen LogP contribution in [-0.2, 0) is 0 Å². The van der Waals surface area contributed by atoms with Gasteiger partial charge in [-0.25, -0.2) is 9.97 Å². The molecule has 7 nitrogen and oxygen atoms in total. The first kappa shape index (κ1) is 21.0. The standard InChI is InChI=1S/C22H32N6O/c1-5-26-12-14-28(15-13-26)22-23-16-20(17(4)24-22)21(29)25-18-8-10-19(11-9-18)27(6-2)7-3/h8-11,16H,5-7,12-15H2,1-4H3,(H,25,29). The van der Waals surface area contributed by atoms with Crippen LogP contribution in [0.2, 0.25) is 0 Å². The molecule has 3 rings (SSSR count). The maximum atomic E-state index is 12.7. The molecule has 0 aliphatic carbocycles. The zero-order valence-electron chi connectivity index (χ0n) is 18.0. The molecule has 0 saturated carbocycles.